The molecule has 0 radical (unpaired) electrons. The largest absolute Gasteiger partial charge is 0.480 e. The second-order valence-electron chi connectivity index (χ2n) is 4.79. The number of likely N-dealkylation sites (N-methyl/N-ethyl adjacent to an activating group) is 1. The third kappa shape index (κ3) is 2.58. The number of carbonyl (C=O) groups is 2. The van der Waals surface area contributed by atoms with Crippen LogP contribution >= 0.6 is 0 Å². The molecular weight excluding hydrogens is 224 g/mol. The van der Waals surface area contributed by atoms with Gasteiger partial charge in [0.2, 0.25) is 5.91 Å². The standard InChI is InChI=1S/C11H20N2O4/c1-11(2)10(16)12(3)5-6-13(11)8(7-17-4)9(14)15/h8H,5-7H2,1-4H3,(H,14,15). The Labute approximate surface area is 101 Å². The van der Waals surface area contributed by atoms with Gasteiger partial charge in [0.15, 0.2) is 0 Å². The Balaban J connectivity index is 2.95. The molecule has 17 heavy (non-hydrogen) atoms. The summed E-state index contributed by atoms with van der Waals surface area (Å²) in [5.41, 5.74) is -0.811. The van der Waals surface area contributed by atoms with Gasteiger partial charge in [0.05, 0.1) is 12.1 Å². The van der Waals surface area contributed by atoms with E-state index in [0.29, 0.717) is 13.1 Å². The summed E-state index contributed by atoms with van der Waals surface area (Å²) >= 11 is 0. The first-order valence-electron chi connectivity index (χ1n) is 5.56. The maximum Gasteiger partial charge on any atom is 0.323 e. The number of carboxylic acid groups (broad SMARTS) is 1. The number of aliphatic carboxylic acids is 1. The third-order valence-electron chi connectivity index (χ3n) is 3.25. The van der Waals surface area contributed by atoms with Crippen molar-refractivity contribution in [2.45, 2.75) is 25.4 Å². The summed E-state index contributed by atoms with van der Waals surface area (Å²) in [4.78, 5) is 26.6. The quantitative estimate of drug-likeness (QED) is 0.731. The van der Waals surface area contributed by atoms with Gasteiger partial charge in [-0.05, 0) is 13.8 Å². The van der Waals surface area contributed by atoms with Crippen LogP contribution in [-0.2, 0) is 14.3 Å². The second-order valence-corrected chi connectivity index (χ2v) is 4.79. The molecule has 1 N–H and O–H groups in total. The Morgan fingerprint density at radius 1 is 1.53 bits per heavy atom. The molecule has 6 heteroatoms. The van der Waals surface area contributed by atoms with Crippen LogP contribution in [0.2, 0.25) is 0 Å². The summed E-state index contributed by atoms with van der Waals surface area (Å²) in [5.74, 6) is -1.02. The number of nitrogens with zero attached hydrogens (tertiary/aromatic N) is 2. The zero-order valence-electron chi connectivity index (χ0n) is 10.8. The summed E-state index contributed by atoms with van der Waals surface area (Å²) in [6.45, 7) is 4.65. The van der Waals surface area contributed by atoms with E-state index < -0.39 is 17.6 Å². The molecular formula is C11H20N2O4. The van der Waals surface area contributed by atoms with Crippen LogP contribution in [0.1, 0.15) is 13.8 Å². The fraction of sp³-hybridized carbons (Fsp3) is 0.818. The molecule has 0 aliphatic carbocycles. The number of amides is 1. The molecule has 0 bridgehead atoms. The van der Waals surface area contributed by atoms with E-state index in [9.17, 15) is 14.7 Å². The van der Waals surface area contributed by atoms with Gasteiger partial charge in [-0.15, -0.1) is 0 Å². The lowest BCUT2D eigenvalue weighted by atomic mass is 9.95. The van der Waals surface area contributed by atoms with Crippen molar-refractivity contribution in [3.05, 3.63) is 0 Å². The van der Waals surface area contributed by atoms with Gasteiger partial charge in [-0.1, -0.05) is 0 Å². The number of carbonyl (C=O) groups excluding carboxylic acids is 1. The average molecular weight is 244 g/mol. The fourth-order valence-corrected chi connectivity index (χ4v) is 2.23. The Kier molecular flexibility index (Phi) is 4.11. The number of ether oxygens (including phenoxy) is 1. The lowest BCUT2D eigenvalue weighted by Crippen LogP contribution is -2.66. The smallest absolute Gasteiger partial charge is 0.323 e. The molecule has 0 spiro atoms. The van der Waals surface area contributed by atoms with Crippen molar-refractivity contribution in [2.75, 3.05) is 33.9 Å². The molecule has 0 aromatic carbocycles. The number of rotatable bonds is 4. The molecule has 1 aliphatic heterocycles. The van der Waals surface area contributed by atoms with Gasteiger partial charge in [-0.2, -0.15) is 0 Å². The van der Waals surface area contributed by atoms with Crippen LogP contribution in [0.15, 0.2) is 0 Å². The number of piperazine rings is 1. The van der Waals surface area contributed by atoms with Gasteiger partial charge in [0.25, 0.3) is 0 Å². The van der Waals surface area contributed by atoms with E-state index in [1.54, 1.807) is 30.7 Å². The molecule has 0 aromatic heterocycles. The number of hydrogen-bond acceptors (Lipinski definition) is 4. The summed E-state index contributed by atoms with van der Waals surface area (Å²) in [6.07, 6.45) is 0. The molecule has 1 fully saturated rings. The van der Waals surface area contributed by atoms with E-state index in [4.69, 9.17) is 4.74 Å². The zero-order valence-corrected chi connectivity index (χ0v) is 10.8. The van der Waals surface area contributed by atoms with E-state index in [0.717, 1.165) is 0 Å². The molecule has 1 heterocycles. The van der Waals surface area contributed by atoms with Crippen LogP contribution in [0.25, 0.3) is 0 Å². The molecule has 1 saturated heterocycles. The summed E-state index contributed by atoms with van der Waals surface area (Å²) in [6, 6.07) is -0.785. The minimum atomic E-state index is -0.961. The minimum Gasteiger partial charge on any atom is -0.480 e. The van der Waals surface area contributed by atoms with Crippen LogP contribution in [0, 0.1) is 0 Å². The van der Waals surface area contributed by atoms with Crippen LogP contribution in [0.5, 0.6) is 0 Å². The number of methoxy groups -OCH3 is 1. The molecule has 0 saturated carbocycles. The van der Waals surface area contributed by atoms with Gasteiger partial charge in [-0.25, -0.2) is 0 Å². The number of hydrogen-bond donors (Lipinski definition) is 1. The van der Waals surface area contributed by atoms with E-state index in [-0.39, 0.29) is 12.5 Å². The minimum absolute atomic E-state index is 0.0638. The molecule has 98 valence electrons. The van der Waals surface area contributed by atoms with Gasteiger partial charge in [-0.3, -0.25) is 14.5 Å². The molecule has 1 aliphatic rings. The highest BCUT2D eigenvalue weighted by Gasteiger charge is 2.45. The lowest BCUT2D eigenvalue weighted by Gasteiger charge is -2.46. The van der Waals surface area contributed by atoms with Crippen molar-refractivity contribution in [1.29, 1.82) is 0 Å². The van der Waals surface area contributed by atoms with Crippen LogP contribution in [-0.4, -0.2) is 72.2 Å². The second kappa shape index (κ2) is 5.01. The fourth-order valence-electron chi connectivity index (χ4n) is 2.23. The monoisotopic (exact) mass is 244 g/mol. The highest BCUT2D eigenvalue weighted by Crippen LogP contribution is 2.24. The van der Waals surface area contributed by atoms with E-state index in [1.165, 1.54) is 7.11 Å². The van der Waals surface area contributed by atoms with Gasteiger partial charge >= 0.3 is 5.97 Å². The summed E-state index contributed by atoms with van der Waals surface area (Å²) in [5, 5.41) is 9.19. The maximum atomic E-state index is 12.0. The van der Waals surface area contributed by atoms with Crippen molar-refractivity contribution < 1.29 is 19.4 Å². The van der Waals surface area contributed by atoms with Gasteiger partial charge in [0.1, 0.15) is 6.04 Å². The highest BCUT2D eigenvalue weighted by atomic mass is 16.5. The molecule has 1 amide bonds. The first-order valence-corrected chi connectivity index (χ1v) is 5.56. The van der Waals surface area contributed by atoms with Crippen molar-refractivity contribution in [1.82, 2.24) is 9.80 Å². The van der Waals surface area contributed by atoms with Crippen molar-refractivity contribution in [2.24, 2.45) is 0 Å². The van der Waals surface area contributed by atoms with Crippen molar-refractivity contribution in [3.8, 4) is 0 Å². The van der Waals surface area contributed by atoms with Crippen LogP contribution in [0.3, 0.4) is 0 Å². The van der Waals surface area contributed by atoms with Crippen molar-refractivity contribution in [3.63, 3.8) is 0 Å². The Hall–Kier alpha value is -1.14. The summed E-state index contributed by atoms with van der Waals surface area (Å²) in [7, 11) is 3.19. The molecule has 1 unspecified atom stereocenters. The van der Waals surface area contributed by atoms with Crippen LogP contribution in [0.4, 0.5) is 0 Å². The van der Waals surface area contributed by atoms with E-state index >= 15 is 0 Å². The first kappa shape index (κ1) is 13.9. The van der Waals surface area contributed by atoms with E-state index in [1.807, 2.05) is 0 Å². The average Bonchev–Trinajstić information content (AvgIpc) is 2.24. The molecule has 1 rings (SSSR count). The predicted octanol–water partition coefficient (Wildman–Crippen LogP) is -0.361. The highest BCUT2D eigenvalue weighted by molar-refractivity contribution is 5.87. The molecule has 0 aromatic rings. The number of carboxylic acids is 1. The predicted molar refractivity (Wildman–Crippen MR) is 61.7 cm³/mol. The molecule has 1 atom stereocenters. The zero-order chi connectivity index (χ0) is 13.2. The Morgan fingerprint density at radius 3 is 2.59 bits per heavy atom. The topological polar surface area (TPSA) is 70.1 Å². The Morgan fingerprint density at radius 2 is 2.12 bits per heavy atom. The van der Waals surface area contributed by atoms with Gasteiger partial charge in [0, 0.05) is 27.2 Å². The van der Waals surface area contributed by atoms with Gasteiger partial charge < -0.3 is 14.7 Å². The normalized spacial score (nSPS) is 22.6. The van der Waals surface area contributed by atoms with Crippen molar-refractivity contribution >= 4 is 11.9 Å². The lowest BCUT2D eigenvalue weighted by molar-refractivity contribution is -0.160. The van der Waals surface area contributed by atoms with Crippen LogP contribution < -0.4 is 0 Å². The maximum absolute atomic E-state index is 12.0. The SMILES string of the molecule is COCC(C(=O)O)N1CCN(C)C(=O)C1(C)C. The van der Waals surface area contributed by atoms with E-state index in [2.05, 4.69) is 0 Å². The summed E-state index contributed by atoms with van der Waals surface area (Å²) < 4.78 is 4.93. The molecule has 6 nitrogen and oxygen atoms in total. The Bertz CT molecular complexity index is 317. The third-order valence-corrected chi connectivity index (χ3v) is 3.25. The first-order chi connectivity index (χ1) is 7.82.